The molecule has 0 radical (unpaired) electrons. The van der Waals surface area contributed by atoms with Crippen LogP contribution in [0.1, 0.15) is 12.0 Å². The maximum absolute atomic E-state index is 11.3. The van der Waals surface area contributed by atoms with E-state index in [0.29, 0.717) is 22.5 Å². The molecule has 106 valence electrons. The zero-order valence-electron chi connectivity index (χ0n) is 10.3. The van der Waals surface area contributed by atoms with Crippen LogP contribution >= 0.6 is 15.9 Å². The molecule has 1 aromatic rings. The zero-order chi connectivity index (χ0) is 14.4. The minimum atomic E-state index is -1.06. The molecule has 0 amide bonds. The summed E-state index contributed by atoms with van der Waals surface area (Å²) in [6.07, 6.45) is -1.28. The highest BCUT2D eigenvalue weighted by molar-refractivity contribution is 9.10. The predicted octanol–water partition coefficient (Wildman–Crippen LogP) is 0.0712. The number of ether oxygens (including phenoxy) is 1. The van der Waals surface area contributed by atoms with Crippen molar-refractivity contribution in [2.75, 3.05) is 13.7 Å². The molecule has 0 spiro atoms. The SMILES string of the molecule is COc1[nH]c(=O)c(Br)cc1CNC[C@H](O)CC(=O)O. The van der Waals surface area contributed by atoms with Crippen LogP contribution in [-0.2, 0) is 11.3 Å². The van der Waals surface area contributed by atoms with E-state index in [0.717, 1.165) is 0 Å². The van der Waals surface area contributed by atoms with Gasteiger partial charge in [0.1, 0.15) is 0 Å². The fourth-order valence-electron chi connectivity index (χ4n) is 1.49. The number of aliphatic hydroxyl groups excluding tert-OH is 1. The lowest BCUT2D eigenvalue weighted by molar-refractivity contribution is -0.139. The number of rotatable bonds is 7. The summed E-state index contributed by atoms with van der Waals surface area (Å²) < 4.78 is 5.40. The smallest absolute Gasteiger partial charge is 0.306 e. The minimum Gasteiger partial charge on any atom is -0.482 e. The Morgan fingerprint density at radius 1 is 1.63 bits per heavy atom. The summed E-state index contributed by atoms with van der Waals surface area (Å²) in [6, 6.07) is 1.61. The van der Waals surface area contributed by atoms with E-state index in [1.807, 2.05) is 0 Å². The fourth-order valence-corrected chi connectivity index (χ4v) is 1.86. The first-order chi connectivity index (χ1) is 8.93. The molecule has 0 aliphatic rings. The number of aromatic amines is 1. The van der Waals surface area contributed by atoms with Crippen molar-refractivity contribution in [2.24, 2.45) is 0 Å². The van der Waals surface area contributed by atoms with Crippen LogP contribution in [-0.4, -0.2) is 40.9 Å². The van der Waals surface area contributed by atoms with Crippen LogP contribution in [0.3, 0.4) is 0 Å². The van der Waals surface area contributed by atoms with Crippen LogP contribution in [0.15, 0.2) is 15.3 Å². The molecule has 19 heavy (non-hydrogen) atoms. The molecule has 0 aliphatic heterocycles. The van der Waals surface area contributed by atoms with Crippen molar-refractivity contribution in [1.82, 2.24) is 10.3 Å². The summed E-state index contributed by atoms with van der Waals surface area (Å²) in [6.45, 7) is 0.460. The maximum atomic E-state index is 11.3. The average molecular weight is 335 g/mol. The molecule has 4 N–H and O–H groups in total. The largest absolute Gasteiger partial charge is 0.482 e. The highest BCUT2D eigenvalue weighted by Gasteiger charge is 2.11. The van der Waals surface area contributed by atoms with E-state index in [4.69, 9.17) is 9.84 Å². The van der Waals surface area contributed by atoms with E-state index >= 15 is 0 Å². The molecule has 0 aliphatic carbocycles. The molecule has 0 aromatic carbocycles. The van der Waals surface area contributed by atoms with E-state index in [1.54, 1.807) is 6.07 Å². The summed E-state index contributed by atoms with van der Waals surface area (Å²) in [5.41, 5.74) is 0.392. The number of aliphatic hydroxyl groups is 1. The van der Waals surface area contributed by atoms with Gasteiger partial charge in [-0.3, -0.25) is 14.6 Å². The second kappa shape index (κ2) is 7.27. The summed E-state index contributed by atoms with van der Waals surface area (Å²) in [5.74, 6) is -0.730. The number of halogens is 1. The highest BCUT2D eigenvalue weighted by Crippen LogP contribution is 2.16. The Kier molecular flexibility index (Phi) is 6.00. The molecule has 1 rings (SSSR count). The zero-order valence-corrected chi connectivity index (χ0v) is 11.9. The predicted molar refractivity (Wildman–Crippen MR) is 71.3 cm³/mol. The highest BCUT2D eigenvalue weighted by atomic mass is 79.9. The number of aliphatic carboxylic acids is 1. The first kappa shape index (κ1) is 15.7. The van der Waals surface area contributed by atoms with Crippen LogP contribution in [0.2, 0.25) is 0 Å². The third-order valence-corrected chi connectivity index (χ3v) is 2.94. The molecule has 1 heterocycles. The molecule has 0 bridgehead atoms. The molecular weight excluding hydrogens is 320 g/mol. The number of hydrogen-bond acceptors (Lipinski definition) is 5. The van der Waals surface area contributed by atoms with Gasteiger partial charge < -0.3 is 20.3 Å². The quantitative estimate of drug-likeness (QED) is 0.561. The van der Waals surface area contributed by atoms with E-state index in [1.165, 1.54) is 7.11 Å². The fraction of sp³-hybridized carbons (Fsp3) is 0.455. The molecule has 1 atom stereocenters. The summed E-state index contributed by atoms with van der Waals surface area (Å²) in [7, 11) is 1.43. The van der Waals surface area contributed by atoms with Gasteiger partial charge in [-0.2, -0.15) is 0 Å². The number of aromatic nitrogens is 1. The number of carbonyl (C=O) groups is 1. The van der Waals surface area contributed by atoms with Crippen LogP contribution in [0.4, 0.5) is 0 Å². The van der Waals surface area contributed by atoms with E-state index in [2.05, 4.69) is 26.2 Å². The van der Waals surface area contributed by atoms with Crippen molar-refractivity contribution in [1.29, 1.82) is 0 Å². The van der Waals surface area contributed by atoms with E-state index in [-0.39, 0.29) is 18.5 Å². The maximum Gasteiger partial charge on any atom is 0.306 e. The molecule has 7 nitrogen and oxygen atoms in total. The van der Waals surface area contributed by atoms with Gasteiger partial charge in [0.25, 0.3) is 5.56 Å². The Labute approximate surface area is 117 Å². The number of pyridine rings is 1. The molecule has 8 heteroatoms. The Morgan fingerprint density at radius 2 is 2.32 bits per heavy atom. The Balaban J connectivity index is 2.60. The standard InChI is InChI=1S/C11H15BrN2O5/c1-19-11-6(2-8(12)10(18)14-11)4-13-5-7(15)3-9(16)17/h2,7,13,15H,3-5H2,1H3,(H,14,18)(H,16,17)/t7-/m1/s1. The van der Waals surface area contributed by atoms with Gasteiger partial charge in [0.05, 0.1) is 24.1 Å². The van der Waals surface area contributed by atoms with Crippen LogP contribution in [0.5, 0.6) is 5.88 Å². The molecule has 0 fully saturated rings. The van der Waals surface area contributed by atoms with E-state index < -0.39 is 12.1 Å². The summed E-state index contributed by atoms with van der Waals surface area (Å²) in [5, 5.41) is 20.8. The monoisotopic (exact) mass is 334 g/mol. The summed E-state index contributed by atoms with van der Waals surface area (Å²) in [4.78, 5) is 24.3. The molecule has 1 aromatic heterocycles. The average Bonchev–Trinajstić information content (AvgIpc) is 2.32. The summed E-state index contributed by atoms with van der Waals surface area (Å²) >= 11 is 3.11. The van der Waals surface area contributed by atoms with Gasteiger partial charge in [-0.25, -0.2) is 0 Å². The van der Waals surface area contributed by atoms with E-state index in [9.17, 15) is 14.7 Å². The molecule has 0 unspecified atom stereocenters. The second-order valence-corrected chi connectivity index (χ2v) is 4.74. The number of nitrogens with one attached hydrogen (secondary N) is 2. The topological polar surface area (TPSA) is 112 Å². The second-order valence-electron chi connectivity index (χ2n) is 3.89. The van der Waals surface area contributed by atoms with Crippen LogP contribution < -0.4 is 15.6 Å². The van der Waals surface area contributed by atoms with Crippen molar-refractivity contribution in [3.05, 3.63) is 26.5 Å². The van der Waals surface area contributed by atoms with Crippen LogP contribution in [0.25, 0.3) is 0 Å². The molecular formula is C11H15BrN2O5. The van der Waals surface area contributed by atoms with Gasteiger partial charge in [0.15, 0.2) is 5.88 Å². The van der Waals surface area contributed by atoms with Crippen LogP contribution in [0, 0.1) is 0 Å². The van der Waals surface area contributed by atoms with Gasteiger partial charge >= 0.3 is 5.97 Å². The number of hydrogen-bond donors (Lipinski definition) is 4. The number of H-pyrrole nitrogens is 1. The van der Waals surface area contributed by atoms with Gasteiger partial charge in [-0.15, -0.1) is 0 Å². The lowest BCUT2D eigenvalue weighted by atomic mass is 10.2. The van der Waals surface area contributed by atoms with Crippen molar-refractivity contribution >= 4 is 21.9 Å². The Bertz CT molecular complexity index is 502. The van der Waals surface area contributed by atoms with Crippen molar-refractivity contribution < 1.29 is 19.7 Å². The third kappa shape index (κ3) is 5.01. The van der Waals surface area contributed by atoms with Gasteiger partial charge in [0, 0.05) is 18.7 Å². The first-order valence-corrected chi connectivity index (χ1v) is 6.29. The molecule has 0 saturated heterocycles. The van der Waals surface area contributed by atoms with Crippen molar-refractivity contribution in [2.45, 2.75) is 19.1 Å². The first-order valence-electron chi connectivity index (χ1n) is 5.50. The lowest BCUT2D eigenvalue weighted by Crippen LogP contribution is -2.28. The van der Waals surface area contributed by atoms with Crippen molar-refractivity contribution in [3.63, 3.8) is 0 Å². The van der Waals surface area contributed by atoms with Gasteiger partial charge in [0.2, 0.25) is 0 Å². The van der Waals surface area contributed by atoms with Gasteiger partial charge in [-0.1, -0.05) is 0 Å². The normalized spacial score (nSPS) is 12.2. The number of carboxylic acid groups (broad SMARTS) is 1. The third-order valence-electron chi connectivity index (χ3n) is 2.35. The number of carboxylic acids is 1. The minimum absolute atomic E-state index is 0.131. The van der Waals surface area contributed by atoms with Crippen molar-refractivity contribution in [3.8, 4) is 5.88 Å². The molecule has 0 saturated carbocycles. The van der Waals surface area contributed by atoms with Gasteiger partial charge in [-0.05, 0) is 22.0 Å². The lowest BCUT2D eigenvalue weighted by Gasteiger charge is -2.12. The number of methoxy groups -OCH3 is 1. The Morgan fingerprint density at radius 3 is 2.89 bits per heavy atom. The Hall–Kier alpha value is -1.38.